The maximum Gasteiger partial charge on any atom is 0.262 e. The average molecular weight is 460 g/mol. The Balaban J connectivity index is 1.19. The lowest BCUT2D eigenvalue weighted by molar-refractivity contribution is -0.118. The van der Waals surface area contributed by atoms with Crippen LogP contribution in [0.1, 0.15) is 24.8 Å². The van der Waals surface area contributed by atoms with E-state index in [0.717, 1.165) is 24.0 Å². The number of hydrogen-bond donors (Lipinski definition) is 3. The molecule has 4 heterocycles. The van der Waals surface area contributed by atoms with Crippen molar-refractivity contribution in [2.45, 2.75) is 31.8 Å². The highest BCUT2D eigenvalue weighted by Gasteiger charge is 2.21. The van der Waals surface area contributed by atoms with Gasteiger partial charge in [0.1, 0.15) is 11.2 Å². The minimum Gasteiger partial charge on any atom is -0.481 e. The third-order valence-electron chi connectivity index (χ3n) is 5.83. The van der Waals surface area contributed by atoms with Gasteiger partial charge in [0.25, 0.3) is 11.8 Å². The van der Waals surface area contributed by atoms with Gasteiger partial charge in [0, 0.05) is 36.6 Å². The SMILES string of the molecule is COc1ccc2nccc(NC(=O)C3=CCC(NCc4cnc5c(c4)NC(=O)CO5)CC3)c2n1. The number of ether oxygens (including phenoxy) is 2. The Morgan fingerprint density at radius 2 is 2.21 bits per heavy atom. The number of fused-ring (bicyclic) bond motifs is 2. The Hall–Kier alpha value is -4.05. The quantitative estimate of drug-likeness (QED) is 0.512. The van der Waals surface area contributed by atoms with Crippen LogP contribution in [0.4, 0.5) is 11.4 Å². The van der Waals surface area contributed by atoms with Gasteiger partial charge in [-0.15, -0.1) is 0 Å². The molecule has 0 radical (unpaired) electrons. The summed E-state index contributed by atoms with van der Waals surface area (Å²) in [7, 11) is 1.55. The Kier molecular flexibility index (Phi) is 6.05. The Bertz CT molecular complexity index is 1290. The number of aromatic nitrogens is 3. The van der Waals surface area contributed by atoms with Crippen molar-refractivity contribution in [1.29, 1.82) is 0 Å². The lowest BCUT2D eigenvalue weighted by atomic mass is 9.94. The zero-order valence-electron chi connectivity index (χ0n) is 18.6. The van der Waals surface area contributed by atoms with Gasteiger partial charge in [-0.1, -0.05) is 6.08 Å². The Morgan fingerprint density at radius 3 is 3.03 bits per heavy atom. The molecule has 2 amide bonds. The number of anilines is 2. The Labute approximate surface area is 195 Å². The van der Waals surface area contributed by atoms with Crippen LogP contribution in [0.5, 0.6) is 11.8 Å². The number of amides is 2. The van der Waals surface area contributed by atoms with Gasteiger partial charge in [-0.25, -0.2) is 9.97 Å². The minimum atomic E-state index is -0.183. The number of nitrogens with zero attached hydrogens (tertiary/aromatic N) is 3. The van der Waals surface area contributed by atoms with Crippen molar-refractivity contribution in [3.8, 4) is 11.8 Å². The van der Waals surface area contributed by atoms with Crippen molar-refractivity contribution in [3.05, 3.63) is 53.9 Å². The number of carbonyl (C=O) groups is 2. The first-order valence-electron chi connectivity index (χ1n) is 11.0. The van der Waals surface area contributed by atoms with E-state index in [2.05, 4.69) is 30.9 Å². The summed E-state index contributed by atoms with van der Waals surface area (Å²) >= 11 is 0. The van der Waals surface area contributed by atoms with Gasteiger partial charge >= 0.3 is 0 Å². The molecule has 1 unspecified atom stereocenters. The molecule has 0 saturated carbocycles. The summed E-state index contributed by atoms with van der Waals surface area (Å²) < 4.78 is 10.5. The molecule has 3 aromatic heterocycles. The Morgan fingerprint density at radius 1 is 1.29 bits per heavy atom. The van der Waals surface area contributed by atoms with Crippen molar-refractivity contribution in [2.24, 2.45) is 0 Å². The van der Waals surface area contributed by atoms with Crippen LogP contribution >= 0.6 is 0 Å². The topological polar surface area (TPSA) is 127 Å². The molecular formula is C24H24N6O4. The smallest absolute Gasteiger partial charge is 0.262 e. The van der Waals surface area contributed by atoms with E-state index in [1.807, 2.05) is 18.2 Å². The van der Waals surface area contributed by atoms with Gasteiger partial charge in [-0.05, 0) is 43.0 Å². The number of pyridine rings is 3. The molecule has 1 atom stereocenters. The van der Waals surface area contributed by atoms with Gasteiger partial charge in [0.15, 0.2) is 6.61 Å². The van der Waals surface area contributed by atoms with Crippen LogP contribution in [0, 0.1) is 0 Å². The number of nitrogens with one attached hydrogen (secondary N) is 3. The number of hydrogen-bond acceptors (Lipinski definition) is 8. The first-order chi connectivity index (χ1) is 16.6. The average Bonchev–Trinajstić information content (AvgIpc) is 2.87. The fourth-order valence-corrected chi connectivity index (χ4v) is 4.03. The molecular weight excluding hydrogens is 436 g/mol. The molecule has 10 heteroatoms. The highest BCUT2D eigenvalue weighted by Crippen LogP contribution is 2.27. The van der Waals surface area contributed by atoms with Gasteiger partial charge in [0.2, 0.25) is 11.8 Å². The molecule has 0 saturated heterocycles. The van der Waals surface area contributed by atoms with Crippen LogP contribution in [0.25, 0.3) is 11.0 Å². The predicted molar refractivity (Wildman–Crippen MR) is 126 cm³/mol. The predicted octanol–water partition coefficient (Wildman–Crippen LogP) is 2.57. The van der Waals surface area contributed by atoms with Crippen LogP contribution in [0.2, 0.25) is 0 Å². The number of carbonyl (C=O) groups excluding carboxylic acids is 2. The van der Waals surface area contributed by atoms with E-state index in [1.165, 1.54) is 0 Å². The standard InChI is InChI=1S/C24H24N6O4/c1-33-21-7-6-17-22(30-21)18(8-9-25-17)29-23(32)15-2-4-16(5-3-15)26-11-14-10-19-24(27-12-14)34-13-20(31)28-19/h2,6-10,12,16,26H,3-5,11,13H2,1H3,(H,28,31)(H,25,29,32). The highest BCUT2D eigenvalue weighted by molar-refractivity contribution is 6.07. The van der Waals surface area contributed by atoms with Gasteiger partial charge < -0.3 is 25.4 Å². The molecule has 0 aromatic carbocycles. The molecule has 5 rings (SSSR count). The summed E-state index contributed by atoms with van der Waals surface area (Å²) in [5.74, 6) is 0.587. The van der Waals surface area contributed by atoms with Crippen LogP contribution in [-0.4, -0.2) is 46.5 Å². The van der Waals surface area contributed by atoms with Crippen LogP contribution in [0.3, 0.4) is 0 Å². The van der Waals surface area contributed by atoms with E-state index >= 15 is 0 Å². The highest BCUT2D eigenvalue weighted by atomic mass is 16.5. The summed E-state index contributed by atoms with van der Waals surface area (Å²) in [6.45, 7) is 0.594. The maximum atomic E-state index is 12.9. The van der Waals surface area contributed by atoms with E-state index in [4.69, 9.17) is 9.47 Å². The van der Waals surface area contributed by atoms with Crippen LogP contribution in [0.15, 0.2) is 48.3 Å². The zero-order valence-corrected chi connectivity index (χ0v) is 18.6. The third-order valence-corrected chi connectivity index (χ3v) is 5.83. The molecule has 0 spiro atoms. The van der Waals surface area contributed by atoms with E-state index in [0.29, 0.717) is 47.1 Å². The second-order valence-corrected chi connectivity index (χ2v) is 8.15. The summed E-state index contributed by atoms with van der Waals surface area (Å²) in [5.41, 5.74) is 4.17. The fraction of sp³-hybridized carbons (Fsp3) is 0.292. The normalized spacial score (nSPS) is 17.3. The minimum absolute atomic E-state index is 0.00991. The lowest BCUT2D eigenvalue weighted by Crippen LogP contribution is -2.32. The van der Waals surface area contributed by atoms with E-state index in [9.17, 15) is 9.59 Å². The summed E-state index contributed by atoms with van der Waals surface area (Å²) in [6, 6.07) is 7.39. The van der Waals surface area contributed by atoms with Crippen LogP contribution in [-0.2, 0) is 16.1 Å². The molecule has 0 fully saturated rings. The molecule has 1 aliphatic carbocycles. The number of rotatable bonds is 6. The summed E-state index contributed by atoms with van der Waals surface area (Å²) in [4.78, 5) is 37.4. The van der Waals surface area contributed by atoms with E-state index < -0.39 is 0 Å². The van der Waals surface area contributed by atoms with Crippen molar-refractivity contribution in [2.75, 3.05) is 24.4 Å². The molecule has 3 aromatic rings. The lowest BCUT2D eigenvalue weighted by Gasteiger charge is -2.23. The largest absolute Gasteiger partial charge is 0.481 e. The second kappa shape index (κ2) is 9.44. The number of methoxy groups -OCH3 is 1. The molecule has 0 bridgehead atoms. The van der Waals surface area contributed by atoms with Gasteiger partial charge in [-0.3, -0.25) is 14.6 Å². The van der Waals surface area contributed by atoms with Crippen molar-refractivity contribution in [1.82, 2.24) is 20.3 Å². The van der Waals surface area contributed by atoms with E-state index in [1.54, 1.807) is 31.6 Å². The maximum absolute atomic E-state index is 12.9. The molecule has 10 nitrogen and oxygen atoms in total. The molecule has 3 N–H and O–H groups in total. The first-order valence-corrected chi connectivity index (χ1v) is 11.0. The monoisotopic (exact) mass is 460 g/mol. The molecule has 34 heavy (non-hydrogen) atoms. The fourth-order valence-electron chi connectivity index (χ4n) is 4.03. The third kappa shape index (κ3) is 4.67. The molecule has 2 aliphatic rings. The summed E-state index contributed by atoms with van der Waals surface area (Å²) in [5, 5.41) is 9.24. The first kappa shape index (κ1) is 21.8. The van der Waals surface area contributed by atoms with E-state index in [-0.39, 0.29) is 24.5 Å². The van der Waals surface area contributed by atoms with Gasteiger partial charge in [0.05, 0.1) is 18.3 Å². The van der Waals surface area contributed by atoms with Gasteiger partial charge in [-0.2, -0.15) is 0 Å². The van der Waals surface area contributed by atoms with Crippen molar-refractivity contribution in [3.63, 3.8) is 0 Å². The van der Waals surface area contributed by atoms with Crippen molar-refractivity contribution < 1.29 is 19.1 Å². The van der Waals surface area contributed by atoms with Crippen molar-refractivity contribution >= 4 is 34.2 Å². The molecule has 1 aliphatic heterocycles. The zero-order chi connectivity index (χ0) is 23.5. The second-order valence-electron chi connectivity index (χ2n) is 8.15. The van der Waals surface area contributed by atoms with Crippen LogP contribution < -0.4 is 25.4 Å². The summed E-state index contributed by atoms with van der Waals surface area (Å²) in [6.07, 6.45) is 7.60. The molecule has 174 valence electrons.